The van der Waals surface area contributed by atoms with Crippen molar-refractivity contribution in [3.63, 3.8) is 0 Å². The van der Waals surface area contributed by atoms with E-state index in [-0.39, 0.29) is 5.54 Å². The summed E-state index contributed by atoms with van der Waals surface area (Å²) in [6, 6.07) is 4.38. The second-order valence-corrected chi connectivity index (χ2v) is 6.34. The molecule has 17 heavy (non-hydrogen) atoms. The largest absolute Gasteiger partial charge is 0.378 e. The third-order valence-corrected chi connectivity index (χ3v) is 4.97. The number of hydrogen-bond acceptors (Lipinski definition) is 2. The zero-order valence-corrected chi connectivity index (χ0v) is 12.4. The molecule has 0 unspecified atom stereocenters. The first-order valence-electron chi connectivity index (χ1n) is 6.21. The minimum atomic E-state index is 0.131. The molecule has 0 radical (unpaired) electrons. The van der Waals surface area contributed by atoms with Crippen molar-refractivity contribution in [2.24, 2.45) is 11.7 Å². The first-order chi connectivity index (χ1) is 7.96. The van der Waals surface area contributed by atoms with Gasteiger partial charge in [-0.3, -0.25) is 0 Å². The van der Waals surface area contributed by atoms with Crippen LogP contribution in [0.25, 0.3) is 0 Å². The number of anilines is 1. The molecule has 1 saturated carbocycles. The van der Waals surface area contributed by atoms with Gasteiger partial charge in [0, 0.05) is 16.7 Å². The Hall–Kier alpha value is -0.540. The van der Waals surface area contributed by atoms with E-state index in [4.69, 9.17) is 5.73 Å². The molecule has 0 amide bonds. The lowest BCUT2D eigenvalue weighted by molar-refractivity contribution is 0.194. The van der Waals surface area contributed by atoms with Crippen molar-refractivity contribution in [2.75, 3.05) is 11.9 Å². The van der Waals surface area contributed by atoms with Gasteiger partial charge in [-0.25, -0.2) is 0 Å². The van der Waals surface area contributed by atoms with Gasteiger partial charge in [-0.2, -0.15) is 0 Å². The summed E-state index contributed by atoms with van der Waals surface area (Å²) >= 11 is 3.60. The maximum absolute atomic E-state index is 5.91. The SMILES string of the molecule is Cc1cc(NC2(CN)CC(C)C2)cc(C)c1Br. The number of halogens is 1. The molecular formula is C14H21BrN2. The Kier molecular flexibility index (Phi) is 3.50. The maximum atomic E-state index is 5.91. The second-order valence-electron chi connectivity index (χ2n) is 5.55. The zero-order valence-electron chi connectivity index (χ0n) is 10.8. The van der Waals surface area contributed by atoms with Crippen LogP contribution in [0.5, 0.6) is 0 Å². The Morgan fingerprint density at radius 3 is 2.29 bits per heavy atom. The molecule has 3 heteroatoms. The lowest BCUT2D eigenvalue weighted by atomic mass is 9.69. The summed E-state index contributed by atoms with van der Waals surface area (Å²) < 4.78 is 1.20. The van der Waals surface area contributed by atoms with Gasteiger partial charge in [0.25, 0.3) is 0 Å². The summed E-state index contributed by atoms with van der Waals surface area (Å²) in [6.07, 6.45) is 2.36. The molecule has 0 aliphatic heterocycles. The van der Waals surface area contributed by atoms with Crippen molar-refractivity contribution in [1.82, 2.24) is 0 Å². The minimum Gasteiger partial charge on any atom is -0.378 e. The first kappa shape index (κ1) is 12.9. The first-order valence-corrected chi connectivity index (χ1v) is 7.00. The standard InChI is InChI=1S/C14H21BrN2/c1-9-6-14(7-9,8-16)17-12-4-10(2)13(15)11(3)5-12/h4-5,9,17H,6-8,16H2,1-3H3. The van der Waals surface area contributed by atoms with Gasteiger partial charge in [0.1, 0.15) is 0 Å². The van der Waals surface area contributed by atoms with E-state index in [2.05, 4.69) is 54.2 Å². The van der Waals surface area contributed by atoms with E-state index >= 15 is 0 Å². The van der Waals surface area contributed by atoms with Crippen LogP contribution >= 0.6 is 15.9 Å². The quantitative estimate of drug-likeness (QED) is 0.894. The number of aryl methyl sites for hydroxylation is 2. The number of benzene rings is 1. The highest BCUT2D eigenvalue weighted by Gasteiger charge is 2.40. The Balaban J connectivity index is 2.19. The van der Waals surface area contributed by atoms with Crippen molar-refractivity contribution in [1.29, 1.82) is 0 Å². The predicted molar refractivity (Wildman–Crippen MR) is 77.4 cm³/mol. The molecule has 1 fully saturated rings. The molecule has 0 saturated heterocycles. The van der Waals surface area contributed by atoms with Crippen molar-refractivity contribution >= 4 is 21.6 Å². The topological polar surface area (TPSA) is 38.0 Å². The monoisotopic (exact) mass is 296 g/mol. The fourth-order valence-electron chi connectivity index (χ4n) is 2.92. The minimum absolute atomic E-state index is 0.131. The molecular weight excluding hydrogens is 276 g/mol. The van der Waals surface area contributed by atoms with E-state index in [1.165, 1.54) is 34.1 Å². The molecule has 0 heterocycles. The third-order valence-electron chi connectivity index (χ3n) is 3.72. The Morgan fingerprint density at radius 2 is 1.88 bits per heavy atom. The van der Waals surface area contributed by atoms with Gasteiger partial charge in [-0.15, -0.1) is 0 Å². The highest BCUT2D eigenvalue weighted by molar-refractivity contribution is 9.10. The molecule has 1 aliphatic rings. The fraction of sp³-hybridized carbons (Fsp3) is 0.571. The predicted octanol–water partition coefficient (Wildman–Crippen LogP) is 3.61. The Morgan fingerprint density at radius 1 is 1.35 bits per heavy atom. The zero-order chi connectivity index (χ0) is 12.6. The normalized spacial score (nSPS) is 27.7. The molecule has 3 N–H and O–H groups in total. The Labute approximate surface area is 112 Å². The van der Waals surface area contributed by atoms with Crippen molar-refractivity contribution in [3.8, 4) is 0 Å². The number of rotatable bonds is 3. The average Bonchev–Trinajstić information content (AvgIpc) is 2.23. The summed E-state index contributed by atoms with van der Waals surface area (Å²) in [5.74, 6) is 0.795. The van der Waals surface area contributed by atoms with E-state index in [9.17, 15) is 0 Å². The van der Waals surface area contributed by atoms with E-state index in [0.29, 0.717) is 6.54 Å². The molecule has 0 bridgehead atoms. The van der Waals surface area contributed by atoms with Crippen LogP contribution in [0.4, 0.5) is 5.69 Å². The average molecular weight is 297 g/mol. The molecule has 0 atom stereocenters. The summed E-state index contributed by atoms with van der Waals surface area (Å²) in [6.45, 7) is 7.25. The fourth-order valence-corrected chi connectivity index (χ4v) is 3.15. The van der Waals surface area contributed by atoms with Crippen LogP contribution < -0.4 is 11.1 Å². The van der Waals surface area contributed by atoms with Gasteiger partial charge in [0.15, 0.2) is 0 Å². The van der Waals surface area contributed by atoms with Crippen LogP contribution in [0, 0.1) is 19.8 Å². The number of nitrogens with two attached hydrogens (primary N) is 1. The molecule has 0 aromatic heterocycles. The smallest absolute Gasteiger partial charge is 0.0500 e. The van der Waals surface area contributed by atoms with Crippen molar-refractivity contribution in [2.45, 2.75) is 39.2 Å². The van der Waals surface area contributed by atoms with Crippen LogP contribution in [0.2, 0.25) is 0 Å². The van der Waals surface area contributed by atoms with E-state index in [0.717, 1.165) is 5.92 Å². The van der Waals surface area contributed by atoms with Crippen molar-refractivity contribution < 1.29 is 0 Å². The van der Waals surface area contributed by atoms with Gasteiger partial charge in [0.2, 0.25) is 0 Å². The van der Waals surface area contributed by atoms with E-state index in [1.807, 2.05) is 0 Å². The highest BCUT2D eigenvalue weighted by Crippen LogP contribution is 2.40. The molecule has 1 aromatic rings. The van der Waals surface area contributed by atoms with Crippen LogP contribution in [-0.2, 0) is 0 Å². The summed E-state index contributed by atoms with van der Waals surface area (Å²) in [5, 5.41) is 3.64. The van der Waals surface area contributed by atoms with Gasteiger partial charge in [0.05, 0.1) is 5.54 Å². The van der Waals surface area contributed by atoms with E-state index < -0.39 is 0 Å². The molecule has 2 nitrogen and oxygen atoms in total. The van der Waals surface area contributed by atoms with Crippen molar-refractivity contribution in [3.05, 3.63) is 27.7 Å². The van der Waals surface area contributed by atoms with Gasteiger partial charge >= 0.3 is 0 Å². The second kappa shape index (κ2) is 4.62. The van der Waals surface area contributed by atoms with Crippen LogP contribution in [0.1, 0.15) is 30.9 Å². The number of hydrogen-bond donors (Lipinski definition) is 2. The summed E-state index contributed by atoms with van der Waals surface area (Å²) in [4.78, 5) is 0. The van der Waals surface area contributed by atoms with E-state index in [1.54, 1.807) is 0 Å². The van der Waals surface area contributed by atoms with Gasteiger partial charge < -0.3 is 11.1 Å². The summed E-state index contributed by atoms with van der Waals surface area (Å²) in [5.41, 5.74) is 9.78. The molecule has 0 spiro atoms. The lowest BCUT2D eigenvalue weighted by Crippen LogP contribution is -2.54. The summed E-state index contributed by atoms with van der Waals surface area (Å²) in [7, 11) is 0. The van der Waals surface area contributed by atoms with Gasteiger partial charge in [-0.1, -0.05) is 22.9 Å². The number of nitrogens with one attached hydrogen (secondary N) is 1. The third kappa shape index (κ3) is 2.50. The van der Waals surface area contributed by atoms with Gasteiger partial charge in [-0.05, 0) is 55.9 Å². The maximum Gasteiger partial charge on any atom is 0.0500 e. The molecule has 94 valence electrons. The highest BCUT2D eigenvalue weighted by atomic mass is 79.9. The molecule has 1 aliphatic carbocycles. The van der Waals surface area contributed by atoms with Crippen LogP contribution in [0.15, 0.2) is 16.6 Å². The molecule has 2 rings (SSSR count). The van der Waals surface area contributed by atoms with Crippen LogP contribution in [-0.4, -0.2) is 12.1 Å². The van der Waals surface area contributed by atoms with Crippen LogP contribution in [0.3, 0.4) is 0 Å². The Bertz CT molecular complexity index is 399. The molecule has 1 aromatic carbocycles. The lowest BCUT2D eigenvalue weighted by Gasteiger charge is -2.47.